The van der Waals surface area contributed by atoms with Crippen LogP contribution in [0.5, 0.6) is 5.75 Å². The van der Waals surface area contributed by atoms with Crippen LogP contribution in [0.15, 0.2) is 29.4 Å². The summed E-state index contributed by atoms with van der Waals surface area (Å²) >= 11 is 1.30. The van der Waals surface area contributed by atoms with Gasteiger partial charge in [-0.15, -0.1) is 10.2 Å². The maximum Gasteiger partial charge on any atom is 0.230 e. The van der Waals surface area contributed by atoms with Gasteiger partial charge in [0.1, 0.15) is 5.75 Å². The third kappa shape index (κ3) is 4.49. The van der Waals surface area contributed by atoms with Crippen LogP contribution in [-0.4, -0.2) is 39.7 Å². The maximum atomic E-state index is 12.2. The standard InChI is InChI=1S/C18H25N5O2S/c1-12-3-7-14(8-4-12)20-16(24)11-26-18-22-21-17(23(18)19)13-5-9-15(25-2)10-6-13/h5-6,9-10,12,14H,3-4,7-8,11,19H2,1-2H3,(H,20,24). The summed E-state index contributed by atoms with van der Waals surface area (Å²) in [6.45, 7) is 2.27. The van der Waals surface area contributed by atoms with Crippen LogP contribution in [0.2, 0.25) is 0 Å². The number of hydrogen-bond donors (Lipinski definition) is 2. The average Bonchev–Trinajstić information content (AvgIpc) is 3.02. The molecule has 1 aliphatic carbocycles. The summed E-state index contributed by atoms with van der Waals surface area (Å²) in [5.41, 5.74) is 0.841. The lowest BCUT2D eigenvalue weighted by atomic mass is 9.87. The Kier molecular flexibility index (Phi) is 6.03. The monoisotopic (exact) mass is 375 g/mol. The molecule has 0 radical (unpaired) electrons. The van der Waals surface area contributed by atoms with Crippen molar-refractivity contribution < 1.29 is 9.53 Å². The molecule has 2 aromatic rings. The first-order chi connectivity index (χ1) is 12.6. The highest BCUT2D eigenvalue weighted by atomic mass is 32.2. The van der Waals surface area contributed by atoms with Crippen molar-refractivity contribution in [3.8, 4) is 17.1 Å². The number of aromatic nitrogens is 3. The smallest absolute Gasteiger partial charge is 0.230 e. The number of carbonyl (C=O) groups excluding carboxylic acids is 1. The second kappa shape index (κ2) is 8.44. The highest BCUT2D eigenvalue weighted by molar-refractivity contribution is 7.99. The van der Waals surface area contributed by atoms with Gasteiger partial charge in [0.05, 0.1) is 12.9 Å². The van der Waals surface area contributed by atoms with Crippen LogP contribution in [0.4, 0.5) is 0 Å². The third-order valence-electron chi connectivity index (χ3n) is 4.73. The van der Waals surface area contributed by atoms with Crippen LogP contribution in [-0.2, 0) is 4.79 Å². The van der Waals surface area contributed by atoms with E-state index in [-0.39, 0.29) is 11.7 Å². The molecule has 1 amide bonds. The molecule has 1 aromatic heterocycles. The summed E-state index contributed by atoms with van der Waals surface area (Å²) < 4.78 is 6.57. The highest BCUT2D eigenvalue weighted by Crippen LogP contribution is 2.25. The van der Waals surface area contributed by atoms with Crippen molar-refractivity contribution >= 4 is 17.7 Å². The normalized spacial score (nSPS) is 19.9. The molecule has 26 heavy (non-hydrogen) atoms. The zero-order chi connectivity index (χ0) is 18.5. The van der Waals surface area contributed by atoms with Crippen LogP contribution in [0.25, 0.3) is 11.4 Å². The topological polar surface area (TPSA) is 95.1 Å². The Balaban J connectivity index is 1.55. The summed E-state index contributed by atoms with van der Waals surface area (Å²) in [6.07, 6.45) is 4.49. The van der Waals surface area contributed by atoms with Gasteiger partial charge < -0.3 is 15.9 Å². The van der Waals surface area contributed by atoms with Gasteiger partial charge in [-0.1, -0.05) is 18.7 Å². The van der Waals surface area contributed by atoms with Gasteiger partial charge in [-0.2, -0.15) is 0 Å². The molecule has 0 aliphatic heterocycles. The molecular formula is C18H25N5O2S. The lowest BCUT2D eigenvalue weighted by molar-refractivity contribution is -0.119. The second-order valence-electron chi connectivity index (χ2n) is 6.72. The second-order valence-corrected chi connectivity index (χ2v) is 7.66. The van der Waals surface area contributed by atoms with E-state index in [9.17, 15) is 4.79 Å². The van der Waals surface area contributed by atoms with Gasteiger partial charge in [-0.25, -0.2) is 4.68 Å². The van der Waals surface area contributed by atoms with Crippen molar-refractivity contribution in [2.75, 3.05) is 18.7 Å². The number of nitrogens with zero attached hydrogens (tertiary/aromatic N) is 3. The average molecular weight is 375 g/mol. The first-order valence-electron chi connectivity index (χ1n) is 8.84. The number of thioether (sulfide) groups is 1. The molecule has 1 aliphatic rings. The Labute approximate surface area is 157 Å². The molecule has 0 atom stereocenters. The van der Waals surface area contributed by atoms with Gasteiger partial charge in [0.2, 0.25) is 11.1 Å². The molecular weight excluding hydrogens is 350 g/mol. The molecule has 8 heteroatoms. The SMILES string of the molecule is COc1ccc(-c2nnc(SCC(=O)NC3CCC(C)CC3)n2N)cc1. The van der Waals surface area contributed by atoms with Crippen molar-refractivity contribution in [2.45, 2.75) is 43.8 Å². The molecule has 7 nitrogen and oxygen atoms in total. The number of nitrogens with two attached hydrogens (primary N) is 1. The van der Waals surface area contributed by atoms with E-state index in [0.29, 0.717) is 17.0 Å². The van der Waals surface area contributed by atoms with Gasteiger partial charge in [0.25, 0.3) is 0 Å². The van der Waals surface area contributed by atoms with Gasteiger partial charge in [-0.05, 0) is 55.9 Å². The number of methoxy groups -OCH3 is 1. The van der Waals surface area contributed by atoms with E-state index in [1.165, 1.54) is 29.3 Å². The van der Waals surface area contributed by atoms with E-state index in [4.69, 9.17) is 10.6 Å². The molecule has 0 saturated heterocycles. The zero-order valence-electron chi connectivity index (χ0n) is 15.1. The van der Waals surface area contributed by atoms with E-state index >= 15 is 0 Å². The molecule has 0 unspecified atom stereocenters. The molecule has 1 fully saturated rings. The summed E-state index contributed by atoms with van der Waals surface area (Å²) in [4.78, 5) is 12.2. The predicted octanol–water partition coefficient (Wildman–Crippen LogP) is 2.45. The summed E-state index contributed by atoms with van der Waals surface area (Å²) in [5.74, 6) is 8.48. The number of ether oxygens (including phenoxy) is 1. The fraction of sp³-hybridized carbons (Fsp3) is 0.500. The molecule has 1 saturated carbocycles. The van der Waals surface area contributed by atoms with Crippen LogP contribution >= 0.6 is 11.8 Å². The fourth-order valence-corrected chi connectivity index (χ4v) is 3.78. The minimum Gasteiger partial charge on any atom is -0.497 e. The molecule has 3 rings (SSSR count). The largest absolute Gasteiger partial charge is 0.497 e. The Morgan fingerprint density at radius 3 is 2.62 bits per heavy atom. The van der Waals surface area contributed by atoms with Crippen molar-refractivity contribution in [1.82, 2.24) is 20.2 Å². The van der Waals surface area contributed by atoms with Crippen molar-refractivity contribution in [3.05, 3.63) is 24.3 Å². The summed E-state index contributed by atoms with van der Waals surface area (Å²) in [7, 11) is 1.62. The number of benzene rings is 1. The number of nitrogens with one attached hydrogen (secondary N) is 1. The maximum absolute atomic E-state index is 12.2. The Morgan fingerprint density at radius 2 is 1.96 bits per heavy atom. The van der Waals surface area contributed by atoms with Crippen molar-refractivity contribution in [1.29, 1.82) is 0 Å². The van der Waals surface area contributed by atoms with Crippen LogP contribution < -0.4 is 15.9 Å². The molecule has 1 heterocycles. The molecule has 1 aromatic carbocycles. The highest BCUT2D eigenvalue weighted by Gasteiger charge is 2.20. The van der Waals surface area contributed by atoms with E-state index in [1.54, 1.807) is 7.11 Å². The van der Waals surface area contributed by atoms with Crippen LogP contribution in [0, 0.1) is 5.92 Å². The molecule has 0 bridgehead atoms. The number of nitrogen functional groups attached to an aromatic ring is 1. The van der Waals surface area contributed by atoms with Gasteiger partial charge in [0.15, 0.2) is 5.82 Å². The van der Waals surface area contributed by atoms with E-state index in [1.807, 2.05) is 24.3 Å². The van der Waals surface area contributed by atoms with E-state index in [0.717, 1.165) is 30.1 Å². The minimum atomic E-state index is 0.0172. The first kappa shape index (κ1) is 18.6. The Bertz CT molecular complexity index is 739. The number of rotatable bonds is 6. The first-order valence-corrected chi connectivity index (χ1v) is 9.82. The predicted molar refractivity (Wildman–Crippen MR) is 102 cm³/mol. The molecule has 140 valence electrons. The van der Waals surface area contributed by atoms with Crippen molar-refractivity contribution in [2.24, 2.45) is 5.92 Å². The lowest BCUT2D eigenvalue weighted by Crippen LogP contribution is -2.38. The quantitative estimate of drug-likeness (QED) is 0.595. The molecule has 0 spiro atoms. The minimum absolute atomic E-state index is 0.0172. The zero-order valence-corrected chi connectivity index (χ0v) is 16.0. The third-order valence-corrected chi connectivity index (χ3v) is 5.67. The van der Waals surface area contributed by atoms with E-state index in [2.05, 4.69) is 22.4 Å². The van der Waals surface area contributed by atoms with E-state index < -0.39 is 0 Å². The lowest BCUT2D eigenvalue weighted by Gasteiger charge is -2.26. The number of hydrogen-bond acceptors (Lipinski definition) is 6. The van der Waals surface area contributed by atoms with Crippen LogP contribution in [0.1, 0.15) is 32.6 Å². The Hall–Kier alpha value is -2.22. The summed E-state index contributed by atoms with van der Waals surface area (Å²) in [6, 6.07) is 7.73. The van der Waals surface area contributed by atoms with Crippen molar-refractivity contribution in [3.63, 3.8) is 0 Å². The fourth-order valence-electron chi connectivity index (χ4n) is 3.12. The Morgan fingerprint density at radius 1 is 1.27 bits per heavy atom. The number of amides is 1. The van der Waals surface area contributed by atoms with Gasteiger partial charge >= 0.3 is 0 Å². The molecule has 3 N–H and O–H groups in total. The number of carbonyl (C=O) groups is 1. The van der Waals surface area contributed by atoms with Gasteiger partial charge in [-0.3, -0.25) is 4.79 Å². The van der Waals surface area contributed by atoms with Crippen LogP contribution in [0.3, 0.4) is 0 Å². The summed E-state index contributed by atoms with van der Waals surface area (Å²) in [5, 5.41) is 11.9. The van der Waals surface area contributed by atoms with Gasteiger partial charge in [0, 0.05) is 11.6 Å².